The van der Waals surface area contributed by atoms with Crippen molar-refractivity contribution in [3.05, 3.63) is 24.0 Å². The molecule has 0 amide bonds. The highest BCUT2D eigenvalue weighted by Crippen LogP contribution is 2.28. The highest BCUT2D eigenvalue weighted by Gasteiger charge is 2.31. The number of hydrogen-bond acceptors (Lipinski definition) is 4. The molecule has 2 unspecified atom stereocenters. The first-order valence-electron chi connectivity index (χ1n) is 6.71. The van der Waals surface area contributed by atoms with E-state index in [9.17, 15) is 0 Å². The Bertz CT molecular complexity index is 465. The van der Waals surface area contributed by atoms with Crippen LogP contribution in [0.4, 0.5) is 5.69 Å². The Hall–Kier alpha value is -1.60. The Morgan fingerprint density at radius 3 is 3.22 bits per heavy atom. The van der Waals surface area contributed by atoms with E-state index in [-0.39, 0.29) is 0 Å². The molecule has 3 rings (SSSR count). The summed E-state index contributed by atoms with van der Waals surface area (Å²) in [4.78, 5) is 6.71. The van der Waals surface area contributed by atoms with E-state index < -0.39 is 0 Å². The number of rotatable bonds is 2. The third-order valence-electron chi connectivity index (χ3n) is 4.12. The van der Waals surface area contributed by atoms with E-state index in [2.05, 4.69) is 21.3 Å². The lowest BCUT2D eigenvalue weighted by molar-refractivity contribution is 0.188. The smallest absolute Gasteiger partial charge is 0.101 e. The van der Waals surface area contributed by atoms with Crippen LogP contribution in [0.2, 0.25) is 0 Å². The minimum atomic E-state index is 0.487. The van der Waals surface area contributed by atoms with Gasteiger partial charge in [-0.15, -0.1) is 0 Å². The van der Waals surface area contributed by atoms with E-state index >= 15 is 0 Å². The largest absolute Gasteiger partial charge is 0.380 e. The monoisotopic (exact) mass is 242 g/mol. The zero-order chi connectivity index (χ0) is 12.4. The molecule has 1 aromatic heterocycles. The maximum Gasteiger partial charge on any atom is 0.101 e. The summed E-state index contributed by atoms with van der Waals surface area (Å²) in [5, 5.41) is 12.6. The number of aromatic nitrogens is 1. The van der Waals surface area contributed by atoms with Gasteiger partial charge < -0.3 is 10.2 Å². The van der Waals surface area contributed by atoms with Crippen LogP contribution in [0, 0.1) is 11.3 Å². The van der Waals surface area contributed by atoms with E-state index in [0.29, 0.717) is 11.6 Å². The molecule has 0 spiro atoms. The Labute approximate surface area is 108 Å². The Morgan fingerprint density at radius 1 is 1.39 bits per heavy atom. The quantitative estimate of drug-likeness (QED) is 0.861. The third-order valence-corrected chi connectivity index (χ3v) is 4.12. The van der Waals surface area contributed by atoms with Crippen LogP contribution in [0.25, 0.3) is 0 Å². The zero-order valence-corrected chi connectivity index (χ0v) is 10.5. The number of fused-ring (bicyclic) bond motifs is 1. The van der Waals surface area contributed by atoms with Gasteiger partial charge in [-0.2, -0.15) is 5.26 Å². The van der Waals surface area contributed by atoms with Crippen LogP contribution in [0.1, 0.15) is 31.2 Å². The van der Waals surface area contributed by atoms with Gasteiger partial charge in [0.15, 0.2) is 0 Å². The first-order valence-corrected chi connectivity index (χ1v) is 6.71. The summed E-state index contributed by atoms with van der Waals surface area (Å²) < 4.78 is 0. The van der Waals surface area contributed by atoms with E-state index in [0.717, 1.165) is 18.2 Å². The van der Waals surface area contributed by atoms with Gasteiger partial charge in [-0.05, 0) is 38.3 Å². The van der Waals surface area contributed by atoms with E-state index in [1.165, 1.54) is 32.4 Å². The second kappa shape index (κ2) is 4.95. The van der Waals surface area contributed by atoms with Crippen molar-refractivity contribution in [2.45, 2.75) is 37.8 Å². The predicted molar refractivity (Wildman–Crippen MR) is 70.2 cm³/mol. The van der Waals surface area contributed by atoms with Gasteiger partial charge in [0, 0.05) is 24.8 Å². The molecule has 1 N–H and O–H groups in total. The SMILES string of the molecule is N#Cc1ccncc1NC1CCN2CCCC2C1. The molecule has 4 heteroatoms. The summed E-state index contributed by atoms with van der Waals surface area (Å²) >= 11 is 0. The van der Waals surface area contributed by atoms with Crippen LogP contribution in [0.3, 0.4) is 0 Å². The summed E-state index contributed by atoms with van der Waals surface area (Å²) in [6, 6.07) is 5.22. The average Bonchev–Trinajstić information content (AvgIpc) is 2.87. The maximum absolute atomic E-state index is 9.07. The fourth-order valence-electron chi connectivity index (χ4n) is 3.18. The molecule has 2 aliphatic rings. The summed E-state index contributed by atoms with van der Waals surface area (Å²) in [6.45, 7) is 2.46. The molecule has 0 saturated carbocycles. The minimum absolute atomic E-state index is 0.487. The van der Waals surface area contributed by atoms with Gasteiger partial charge in [0.2, 0.25) is 0 Å². The molecule has 0 aliphatic carbocycles. The highest BCUT2D eigenvalue weighted by atomic mass is 15.2. The van der Waals surface area contributed by atoms with Crippen molar-refractivity contribution in [1.29, 1.82) is 5.26 Å². The van der Waals surface area contributed by atoms with E-state index in [4.69, 9.17) is 5.26 Å². The Balaban J connectivity index is 1.68. The van der Waals surface area contributed by atoms with Crippen molar-refractivity contribution in [3.8, 4) is 6.07 Å². The molecule has 2 saturated heterocycles. The van der Waals surface area contributed by atoms with Crippen molar-refractivity contribution in [2.75, 3.05) is 18.4 Å². The molecule has 2 aliphatic heterocycles. The van der Waals surface area contributed by atoms with E-state index in [1.54, 1.807) is 18.5 Å². The number of piperidine rings is 1. The summed E-state index contributed by atoms with van der Waals surface area (Å²) in [6.07, 6.45) is 8.46. The zero-order valence-electron chi connectivity index (χ0n) is 10.5. The molecule has 0 bridgehead atoms. The van der Waals surface area contributed by atoms with Crippen LogP contribution < -0.4 is 5.32 Å². The highest BCUT2D eigenvalue weighted by molar-refractivity contribution is 5.55. The minimum Gasteiger partial charge on any atom is -0.380 e. The lowest BCUT2D eigenvalue weighted by atomic mass is 9.97. The van der Waals surface area contributed by atoms with Crippen LogP contribution in [-0.2, 0) is 0 Å². The van der Waals surface area contributed by atoms with Gasteiger partial charge in [0.05, 0.1) is 17.4 Å². The van der Waals surface area contributed by atoms with Gasteiger partial charge in [0.25, 0.3) is 0 Å². The lowest BCUT2D eigenvalue weighted by Crippen LogP contribution is -2.42. The van der Waals surface area contributed by atoms with Gasteiger partial charge >= 0.3 is 0 Å². The molecule has 94 valence electrons. The summed E-state index contributed by atoms with van der Waals surface area (Å²) in [5.74, 6) is 0. The third kappa shape index (κ3) is 2.19. The van der Waals surface area contributed by atoms with Gasteiger partial charge in [-0.3, -0.25) is 4.98 Å². The first-order chi connectivity index (χ1) is 8.86. The second-order valence-corrected chi connectivity index (χ2v) is 5.23. The van der Waals surface area contributed by atoms with Crippen LogP contribution in [-0.4, -0.2) is 35.1 Å². The van der Waals surface area contributed by atoms with E-state index in [1.807, 2.05) is 0 Å². The van der Waals surface area contributed by atoms with Crippen molar-refractivity contribution >= 4 is 5.69 Å². The van der Waals surface area contributed by atoms with Crippen LogP contribution in [0.15, 0.2) is 18.5 Å². The average molecular weight is 242 g/mol. The summed E-state index contributed by atoms with van der Waals surface area (Å²) in [7, 11) is 0. The fourth-order valence-corrected chi connectivity index (χ4v) is 3.18. The number of nitrogens with zero attached hydrogens (tertiary/aromatic N) is 3. The number of nitriles is 1. The molecule has 18 heavy (non-hydrogen) atoms. The molecule has 3 heterocycles. The fraction of sp³-hybridized carbons (Fsp3) is 0.571. The Morgan fingerprint density at radius 2 is 2.33 bits per heavy atom. The summed E-state index contributed by atoms with van der Waals surface area (Å²) in [5.41, 5.74) is 1.58. The molecule has 4 nitrogen and oxygen atoms in total. The molecule has 2 fully saturated rings. The molecule has 0 radical (unpaired) electrons. The number of anilines is 1. The lowest BCUT2D eigenvalue weighted by Gasteiger charge is -2.35. The van der Waals surface area contributed by atoms with Crippen molar-refractivity contribution < 1.29 is 0 Å². The molecule has 2 atom stereocenters. The van der Waals surface area contributed by atoms with Crippen LogP contribution >= 0.6 is 0 Å². The normalized spacial score (nSPS) is 27.5. The van der Waals surface area contributed by atoms with Crippen molar-refractivity contribution in [2.24, 2.45) is 0 Å². The van der Waals surface area contributed by atoms with Gasteiger partial charge in [-0.1, -0.05) is 0 Å². The van der Waals surface area contributed by atoms with Gasteiger partial charge in [0.1, 0.15) is 6.07 Å². The first kappa shape index (κ1) is 11.5. The predicted octanol–water partition coefficient (Wildman–Crippen LogP) is 1.99. The standard InChI is InChI=1S/C14H18N4/c15-9-11-3-5-16-10-14(11)17-12-4-7-18-6-1-2-13(18)8-12/h3,5,10,12-13,17H,1-2,4,6-8H2. The number of nitrogens with one attached hydrogen (secondary N) is 1. The molecule has 0 aromatic carbocycles. The van der Waals surface area contributed by atoms with Gasteiger partial charge in [-0.25, -0.2) is 0 Å². The molecular weight excluding hydrogens is 224 g/mol. The number of hydrogen-bond donors (Lipinski definition) is 1. The number of pyridine rings is 1. The maximum atomic E-state index is 9.07. The second-order valence-electron chi connectivity index (χ2n) is 5.23. The topological polar surface area (TPSA) is 52.0 Å². The van der Waals surface area contributed by atoms with Crippen molar-refractivity contribution in [3.63, 3.8) is 0 Å². The molecular formula is C14H18N4. The Kier molecular flexibility index (Phi) is 3.16. The molecule has 1 aromatic rings. The van der Waals surface area contributed by atoms with Crippen molar-refractivity contribution in [1.82, 2.24) is 9.88 Å². The van der Waals surface area contributed by atoms with Crippen LogP contribution in [0.5, 0.6) is 0 Å².